The Morgan fingerprint density at radius 1 is 1.25 bits per heavy atom. The largest absolute Gasteiger partial charge is 0.477 e. The molecule has 0 atom stereocenters. The number of aryl methyl sites for hydroxylation is 1. The molecule has 0 unspecified atom stereocenters. The third kappa shape index (κ3) is 3.74. The molecule has 2 N–H and O–H groups in total. The van der Waals surface area contributed by atoms with Crippen LogP contribution in [0.2, 0.25) is 5.02 Å². The number of aromatic nitrogens is 2. The summed E-state index contributed by atoms with van der Waals surface area (Å²) in [7, 11) is -2.42. The lowest BCUT2D eigenvalue weighted by Crippen LogP contribution is -2.41. The number of benzene rings is 1. The maximum absolute atomic E-state index is 12.6. The minimum Gasteiger partial charge on any atom is -0.477 e. The molecule has 28 heavy (non-hydrogen) atoms. The molecule has 0 aliphatic rings. The first kappa shape index (κ1) is 20.3. The smallest absolute Gasteiger partial charge is 0.345 e. The van der Waals surface area contributed by atoms with Crippen molar-refractivity contribution in [2.45, 2.75) is 11.4 Å². The van der Waals surface area contributed by atoms with Crippen molar-refractivity contribution in [3.63, 3.8) is 0 Å². The van der Waals surface area contributed by atoms with E-state index in [0.717, 1.165) is 15.9 Å². The predicted molar refractivity (Wildman–Crippen MR) is 105 cm³/mol. The molecule has 0 saturated heterocycles. The molecule has 2 aromatic heterocycles. The molecule has 148 valence electrons. The first-order chi connectivity index (χ1) is 13.1. The summed E-state index contributed by atoms with van der Waals surface area (Å²) in [4.78, 5) is 36.3. The fourth-order valence-corrected chi connectivity index (χ4v) is 4.67. The molecule has 12 heteroatoms. The number of nitrogens with one attached hydrogen (secondary N) is 1. The van der Waals surface area contributed by atoms with Gasteiger partial charge in [-0.1, -0.05) is 11.6 Å². The van der Waals surface area contributed by atoms with Crippen LogP contribution in [0.15, 0.2) is 44.8 Å². The van der Waals surface area contributed by atoms with Crippen LogP contribution in [-0.2, 0) is 23.6 Å². The molecule has 0 fully saturated rings. The number of carboxylic acids is 1. The highest BCUT2D eigenvalue weighted by Gasteiger charge is 2.18. The number of hydrogen-bond donors (Lipinski definition) is 2. The minimum atomic E-state index is -3.84. The van der Waals surface area contributed by atoms with Crippen LogP contribution in [-0.4, -0.2) is 35.2 Å². The third-order valence-corrected chi connectivity index (χ3v) is 6.90. The van der Waals surface area contributed by atoms with Crippen LogP contribution < -0.4 is 16.0 Å². The average molecular weight is 444 g/mol. The van der Waals surface area contributed by atoms with E-state index in [2.05, 4.69) is 4.72 Å². The number of nitrogens with zero attached hydrogens (tertiary/aromatic N) is 2. The Kier molecular flexibility index (Phi) is 5.44. The Balaban J connectivity index is 1.88. The van der Waals surface area contributed by atoms with Crippen LogP contribution in [0.1, 0.15) is 9.67 Å². The van der Waals surface area contributed by atoms with Gasteiger partial charge in [0.2, 0.25) is 10.0 Å². The Morgan fingerprint density at radius 3 is 2.50 bits per heavy atom. The van der Waals surface area contributed by atoms with Crippen LogP contribution in [0.5, 0.6) is 0 Å². The van der Waals surface area contributed by atoms with E-state index in [9.17, 15) is 22.8 Å². The Morgan fingerprint density at radius 2 is 1.89 bits per heavy atom. The highest BCUT2D eigenvalue weighted by Crippen LogP contribution is 2.21. The fourth-order valence-electron chi connectivity index (χ4n) is 2.58. The number of hydrogen-bond acceptors (Lipinski definition) is 6. The van der Waals surface area contributed by atoms with E-state index in [4.69, 9.17) is 16.7 Å². The highest BCUT2D eigenvalue weighted by molar-refractivity contribution is 7.89. The van der Waals surface area contributed by atoms with E-state index >= 15 is 0 Å². The lowest BCUT2D eigenvalue weighted by Gasteiger charge is -2.10. The van der Waals surface area contributed by atoms with Gasteiger partial charge in [0.25, 0.3) is 5.56 Å². The zero-order valence-electron chi connectivity index (χ0n) is 14.4. The summed E-state index contributed by atoms with van der Waals surface area (Å²) in [5, 5.41) is 9.57. The quantitative estimate of drug-likeness (QED) is 0.587. The summed E-state index contributed by atoms with van der Waals surface area (Å²) in [5.74, 6) is -1.20. The molecule has 0 radical (unpaired) electrons. The van der Waals surface area contributed by atoms with Gasteiger partial charge in [-0.3, -0.25) is 13.9 Å². The van der Waals surface area contributed by atoms with Crippen molar-refractivity contribution in [3.05, 3.63) is 61.1 Å². The monoisotopic (exact) mass is 443 g/mol. The van der Waals surface area contributed by atoms with Crippen molar-refractivity contribution < 1.29 is 18.3 Å². The van der Waals surface area contributed by atoms with Crippen molar-refractivity contribution in [2.24, 2.45) is 7.05 Å². The van der Waals surface area contributed by atoms with Crippen LogP contribution in [0, 0.1) is 0 Å². The number of halogens is 1. The van der Waals surface area contributed by atoms with E-state index in [1.165, 1.54) is 41.9 Å². The number of sulfonamides is 1. The van der Waals surface area contributed by atoms with Gasteiger partial charge < -0.3 is 5.11 Å². The molecule has 0 amide bonds. The summed E-state index contributed by atoms with van der Waals surface area (Å²) in [5.41, 5.74) is -1.34. The molecule has 3 rings (SSSR count). The molecule has 9 nitrogen and oxygen atoms in total. The lowest BCUT2D eigenvalue weighted by molar-refractivity contribution is 0.0702. The van der Waals surface area contributed by atoms with Crippen LogP contribution in [0.3, 0.4) is 0 Å². The number of carboxylic acid groups (broad SMARTS) is 1. The van der Waals surface area contributed by atoms with E-state index in [1.807, 2.05) is 0 Å². The van der Waals surface area contributed by atoms with Gasteiger partial charge in [-0.15, -0.1) is 11.3 Å². The second-order valence-electron chi connectivity index (χ2n) is 5.78. The molecule has 2 heterocycles. The maximum atomic E-state index is 12.6. The van der Waals surface area contributed by atoms with Gasteiger partial charge in [0.05, 0.1) is 10.3 Å². The first-order valence-corrected chi connectivity index (χ1v) is 10.5. The molecule has 0 saturated carbocycles. The van der Waals surface area contributed by atoms with Gasteiger partial charge >= 0.3 is 11.7 Å². The fraction of sp³-hybridized carbons (Fsp3) is 0.188. The number of aromatic carboxylic acids is 1. The van der Waals surface area contributed by atoms with Crippen LogP contribution in [0.4, 0.5) is 0 Å². The van der Waals surface area contributed by atoms with Gasteiger partial charge in [0, 0.05) is 25.2 Å². The van der Waals surface area contributed by atoms with E-state index in [0.29, 0.717) is 5.02 Å². The first-order valence-electron chi connectivity index (χ1n) is 7.83. The molecule has 0 aliphatic carbocycles. The summed E-state index contributed by atoms with van der Waals surface area (Å²) in [6, 6.07) is 6.74. The number of rotatable bonds is 6. The van der Waals surface area contributed by atoms with Gasteiger partial charge in [-0.05, 0) is 30.3 Å². The number of thiophene rings is 1. The van der Waals surface area contributed by atoms with Gasteiger partial charge in [-0.25, -0.2) is 22.7 Å². The summed E-state index contributed by atoms with van der Waals surface area (Å²) >= 11 is 6.56. The van der Waals surface area contributed by atoms with E-state index in [-0.39, 0.29) is 33.1 Å². The highest BCUT2D eigenvalue weighted by atomic mass is 35.5. The van der Waals surface area contributed by atoms with E-state index < -0.39 is 27.2 Å². The average Bonchev–Trinajstić information content (AvgIpc) is 3.09. The topological polar surface area (TPSA) is 127 Å². The van der Waals surface area contributed by atoms with Crippen LogP contribution in [0.25, 0.3) is 10.2 Å². The second-order valence-corrected chi connectivity index (χ2v) is 9.02. The molecule has 0 spiro atoms. The van der Waals surface area contributed by atoms with Crippen LogP contribution >= 0.6 is 22.9 Å². The number of fused-ring (bicyclic) bond motifs is 1. The van der Waals surface area contributed by atoms with Gasteiger partial charge in [-0.2, -0.15) is 0 Å². The normalized spacial score (nSPS) is 11.8. The van der Waals surface area contributed by atoms with Gasteiger partial charge in [0.15, 0.2) is 0 Å². The summed E-state index contributed by atoms with van der Waals surface area (Å²) in [6.07, 6.45) is 0. The van der Waals surface area contributed by atoms with Crippen molar-refractivity contribution in [2.75, 3.05) is 6.54 Å². The Bertz CT molecular complexity index is 1290. The zero-order valence-corrected chi connectivity index (χ0v) is 16.8. The van der Waals surface area contributed by atoms with Crippen molar-refractivity contribution >= 4 is 49.1 Å². The third-order valence-electron chi connectivity index (χ3n) is 3.97. The maximum Gasteiger partial charge on any atom is 0.345 e. The predicted octanol–water partition coefficient (Wildman–Crippen LogP) is 1.09. The van der Waals surface area contributed by atoms with E-state index in [1.54, 1.807) is 0 Å². The molecular formula is C16H14ClN3O6S2. The molecule has 0 bridgehead atoms. The summed E-state index contributed by atoms with van der Waals surface area (Å²) < 4.78 is 28.9. The second kappa shape index (κ2) is 7.51. The van der Waals surface area contributed by atoms with Gasteiger partial charge in [0.1, 0.15) is 9.71 Å². The zero-order chi connectivity index (χ0) is 20.6. The van der Waals surface area contributed by atoms with Crippen molar-refractivity contribution in [1.82, 2.24) is 13.9 Å². The SMILES string of the molecule is Cn1c(=O)n(CCNS(=O)(=O)c2ccc(Cl)cc2)c(=O)c2cc(C(=O)O)sc21. The minimum absolute atomic E-state index is 0.00321. The Labute approximate surface area is 167 Å². The standard InChI is InChI=1S/C16H14ClN3O6S2/c1-19-14-11(8-12(27-14)15(22)23)13(21)20(16(19)24)7-6-18-28(25,26)10-4-2-9(17)3-5-10/h2-5,8,18H,6-7H2,1H3,(H,22,23). The number of carbonyl (C=O) groups is 1. The van der Waals surface area contributed by atoms with Crippen molar-refractivity contribution in [3.8, 4) is 0 Å². The lowest BCUT2D eigenvalue weighted by atomic mass is 10.3. The molecule has 1 aromatic carbocycles. The molecular weight excluding hydrogens is 430 g/mol. The van der Waals surface area contributed by atoms with Crippen molar-refractivity contribution in [1.29, 1.82) is 0 Å². The molecule has 3 aromatic rings. The molecule has 0 aliphatic heterocycles. The Hall–Kier alpha value is -2.47. The summed E-state index contributed by atoms with van der Waals surface area (Å²) in [6.45, 7) is -0.423.